The zero-order valence-electron chi connectivity index (χ0n) is 25.7. The third kappa shape index (κ3) is 7.79. The number of carbonyl (C=O) groups excluding carboxylic acids is 3. The Bertz CT molecular complexity index is 1660. The van der Waals surface area contributed by atoms with Crippen LogP contribution in [0.4, 0.5) is 10.1 Å². The van der Waals surface area contributed by atoms with E-state index in [1.807, 2.05) is 6.07 Å². The Kier molecular flexibility index (Phi) is 10.5. The fourth-order valence-corrected chi connectivity index (χ4v) is 5.62. The minimum absolute atomic E-state index is 0.150. The monoisotopic (exact) mass is 628 g/mol. The van der Waals surface area contributed by atoms with Gasteiger partial charge in [0.2, 0.25) is 17.6 Å². The molecule has 240 valence electrons. The van der Waals surface area contributed by atoms with Gasteiger partial charge in [-0.05, 0) is 97.0 Å². The Hall–Kier alpha value is -5.01. The summed E-state index contributed by atoms with van der Waals surface area (Å²) in [7, 11) is 2.84. The molecule has 0 radical (unpaired) electrons. The van der Waals surface area contributed by atoms with Gasteiger partial charge in [0.05, 0.1) is 7.11 Å². The SMILES string of the molecule is CON(C)C(=O)c1ccc(F)c(-c2cccc(C[C@H](NC(=O)C3CCC(CN)CC3)C(=O)Nc3ccc(-c4nn[nH]n4)cc3)c2)c1. The van der Waals surface area contributed by atoms with Crippen molar-refractivity contribution in [1.82, 2.24) is 31.0 Å². The molecule has 1 heterocycles. The van der Waals surface area contributed by atoms with Gasteiger partial charge in [0, 0.05) is 41.8 Å². The predicted molar refractivity (Wildman–Crippen MR) is 169 cm³/mol. The first-order valence-electron chi connectivity index (χ1n) is 15.1. The van der Waals surface area contributed by atoms with Crippen LogP contribution < -0.4 is 16.4 Å². The van der Waals surface area contributed by atoms with Gasteiger partial charge in [0.25, 0.3) is 5.91 Å². The van der Waals surface area contributed by atoms with Crippen molar-refractivity contribution in [2.24, 2.45) is 17.6 Å². The maximum absolute atomic E-state index is 15.0. The van der Waals surface area contributed by atoms with Crippen LogP contribution in [-0.4, -0.2) is 70.2 Å². The Balaban J connectivity index is 1.37. The summed E-state index contributed by atoms with van der Waals surface area (Å²) in [6.45, 7) is 0.599. The van der Waals surface area contributed by atoms with E-state index in [0.29, 0.717) is 53.5 Å². The fourth-order valence-electron chi connectivity index (χ4n) is 5.62. The van der Waals surface area contributed by atoms with Crippen LogP contribution in [0.3, 0.4) is 0 Å². The van der Waals surface area contributed by atoms with Gasteiger partial charge in [0.15, 0.2) is 0 Å². The molecule has 1 aromatic heterocycles. The van der Waals surface area contributed by atoms with E-state index < -0.39 is 23.7 Å². The minimum atomic E-state index is -0.917. The lowest BCUT2D eigenvalue weighted by Gasteiger charge is -2.28. The molecule has 3 aromatic carbocycles. The summed E-state index contributed by atoms with van der Waals surface area (Å²) >= 11 is 0. The lowest BCUT2D eigenvalue weighted by Crippen LogP contribution is -2.48. The molecule has 1 aliphatic carbocycles. The molecule has 1 fully saturated rings. The van der Waals surface area contributed by atoms with Crippen LogP contribution in [0.5, 0.6) is 0 Å². The molecule has 12 nitrogen and oxygen atoms in total. The second-order valence-corrected chi connectivity index (χ2v) is 11.4. The summed E-state index contributed by atoms with van der Waals surface area (Å²) < 4.78 is 15.0. The standard InChI is InChI=1S/C33H37FN8O4/c1-42(46-2)33(45)25-12-15-28(34)27(18-25)24-5-3-4-21(16-24)17-29(37-31(43)23-8-6-20(19-35)7-9-23)32(44)36-26-13-10-22(11-14-26)30-38-40-41-39-30/h3-5,10-16,18,20,23,29H,6-9,17,19,35H2,1-2H3,(H,36,44)(H,37,43)(H,38,39,40,41)/t20?,23?,29-/m0/s1. The van der Waals surface area contributed by atoms with Gasteiger partial charge in [-0.3, -0.25) is 19.2 Å². The second-order valence-electron chi connectivity index (χ2n) is 11.4. The average Bonchev–Trinajstić information content (AvgIpc) is 3.63. The number of nitrogens with zero attached hydrogens (tertiary/aromatic N) is 4. The smallest absolute Gasteiger partial charge is 0.277 e. The molecule has 0 spiro atoms. The molecular formula is C33H37FN8O4. The number of nitrogens with one attached hydrogen (secondary N) is 3. The van der Waals surface area contributed by atoms with Crippen molar-refractivity contribution in [2.45, 2.75) is 38.1 Å². The normalized spacial score (nSPS) is 16.8. The van der Waals surface area contributed by atoms with E-state index in [2.05, 4.69) is 31.3 Å². The van der Waals surface area contributed by atoms with Gasteiger partial charge in [-0.2, -0.15) is 5.21 Å². The summed E-state index contributed by atoms with van der Waals surface area (Å²) in [4.78, 5) is 44.7. The van der Waals surface area contributed by atoms with Crippen molar-refractivity contribution < 1.29 is 23.6 Å². The molecule has 1 aliphatic rings. The van der Waals surface area contributed by atoms with Crippen molar-refractivity contribution >= 4 is 23.4 Å². The van der Waals surface area contributed by atoms with Crippen molar-refractivity contribution in [3.63, 3.8) is 0 Å². The highest BCUT2D eigenvalue weighted by molar-refractivity contribution is 5.98. The molecule has 5 N–H and O–H groups in total. The topological polar surface area (TPSA) is 168 Å². The summed E-state index contributed by atoms with van der Waals surface area (Å²) in [5.74, 6) is -0.895. The number of anilines is 1. The summed E-state index contributed by atoms with van der Waals surface area (Å²) in [6, 6.07) is 17.2. The van der Waals surface area contributed by atoms with E-state index >= 15 is 4.39 Å². The molecular weight excluding hydrogens is 591 g/mol. The predicted octanol–water partition coefficient (Wildman–Crippen LogP) is 3.74. The third-order valence-electron chi connectivity index (χ3n) is 8.39. The number of hydrogen-bond donors (Lipinski definition) is 4. The number of carbonyl (C=O) groups is 3. The quantitative estimate of drug-likeness (QED) is 0.182. The molecule has 13 heteroatoms. The number of H-pyrrole nitrogens is 1. The number of tetrazole rings is 1. The van der Waals surface area contributed by atoms with Crippen LogP contribution in [0.1, 0.15) is 41.6 Å². The summed E-state index contributed by atoms with van der Waals surface area (Å²) in [5, 5.41) is 20.8. The number of halogens is 1. The zero-order valence-corrected chi connectivity index (χ0v) is 25.7. The Labute approximate surface area is 265 Å². The van der Waals surface area contributed by atoms with Crippen molar-refractivity contribution in [1.29, 1.82) is 0 Å². The largest absolute Gasteiger partial charge is 0.344 e. The minimum Gasteiger partial charge on any atom is -0.344 e. The number of benzene rings is 3. The first-order valence-corrected chi connectivity index (χ1v) is 15.1. The van der Waals surface area contributed by atoms with E-state index in [0.717, 1.165) is 17.9 Å². The van der Waals surface area contributed by atoms with Crippen LogP contribution >= 0.6 is 0 Å². The zero-order chi connectivity index (χ0) is 32.6. The van der Waals surface area contributed by atoms with Crippen LogP contribution in [0, 0.1) is 17.7 Å². The van der Waals surface area contributed by atoms with E-state index in [-0.39, 0.29) is 29.4 Å². The van der Waals surface area contributed by atoms with Crippen molar-refractivity contribution in [2.75, 3.05) is 26.0 Å². The van der Waals surface area contributed by atoms with E-state index in [9.17, 15) is 14.4 Å². The molecule has 46 heavy (non-hydrogen) atoms. The number of rotatable bonds is 11. The maximum atomic E-state index is 15.0. The number of hydrogen-bond acceptors (Lipinski definition) is 8. The lowest BCUT2D eigenvalue weighted by atomic mass is 9.81. The van der Waals surface area contributed by atoms with Gasteiger partial charge >= 0.3 is 0 Å². The first-order chi connectivity index (χ1) is 22.2. The van der Waals surface area contributed by atoms with Crippen LogP contribution in [0.2, 0.25) is 0 Å². The molecule has 4 aromatic rings. The molecule has 3 amide bonds. The Morgan fingerprint density at radius 3 is 2.48 bits per heavy atom. The van der Waals surface area contributed by atoms with Gasteiger partial charge in [0.1, 0.15) is 11.9 Å². The first kappa shape index (κ1) is 32.4. The van der Waals surface area contributed by atoms with Gasteiger partial charge in [-0.25, -0.2) is 9.45 Å². The fraction of sp³-hybridized carbons (Fsp3) is 0.333. The number of hydroxylamine groups is 2. The highest BCUT2D eigenvalue weighted by Gasteiger charge is 2.29. The molecule has 0 saturated heterocycles. The van der Waals surface area contributed by atoms with Gasteiger partial charge in [-0.15, -0.1) is 10.2 Å². The van der Waals surface area contributed by atoms with Gasteiger partial charge < -0.3 is 16.4 Å². The van der Waals surface area contributed by atoms with E-state index in [4.69, 9.17) is 10.6 Å². The lowest BCUT2D eigenvalue weighted by molar-refractivity contribution is -0.130. The molecule has 1 saturated carbocycles. The highest BCUT2D eigenvalue weighted by atomic mass is 19.1. The van der Waals surface area contributed by atoms with E-state index in [1.165, 1.54) is 32.4 Å². The maximum Gasteiger partial charge on any atom is 0.277 e. The van der Waals surface area contributed by atoms with Crippen LogP contribution in [0.25, 0.3) is 22.5 Å². The molecule has 5 rings (SSSR count). The molecule has 1 atom stereocenters. The summed E-state index contributed by atoms with van der Waals surface area (Å²) in [6.07, 6.45) is 3.31. The van der Waals surface area contributed by atoms with Crippen LogP contribution in [-0.2, 0) is 20.8 Å². The molecule has 0 unspecified atom stereocenters. The van der Waals surface area contributed by atoms with Crippen molar-refractivity contribution in [3.05, 3.63) is 83.7 Å². The Morgan fingerprint density at radius 1 is 1.04 bits per heavy atom. The number of nitrogens with two attached hydrogens (primary N) is 1. The molecule has 0 aliphatic heterocycles. The number of aromatic amines is 1. The summed E-state index contributed by atoms with van der Waals surface area (Å²) in [5.41, 5.74) is 8.77. The number of aromatic nitrogens is 4. The van der Waals surface area contributed by atoms with Crippen LogP contribution in [0.15, 0.2) is 66.7 Å². The number of amides is 3. The second kappa shape index (κ2) is 14.8. The third-order valence-corrected chi connectivity index (χ3v) is 8.39. The highest BCUT2D eigenvalue weighted by Crippen LogP contribution is 2.29. The molecule has 0 bridgehead atoms. The Morgan fingerprint density at radius 2 is 1.80 bits per heavy atom. The van der Waals surface area contributed by atoms with Gasteiger partial charge in [-0.1, -0.05) is 24.3 Å². The van der Waals surface area contributed by atoms with E-state index in [1.54, 1.807) is 42.5 Å². The average molecular weight is 629 g/mol. The van der Waals surface area contributed by atoms with Crippen molar-refractivity contribution in [3.8, 4) is 22.5 Å².